The molecule has 1 heterocycles. The van der Waals surface area contributed by atoms with Gasteiger partial charge in [0.25, 0.3) is 0 Å². The number of hydrogen-bond acceptors (Lipinski definition) is 2. The molecule has 0 amide bonds. The second kappa shape index (κ2) is 5.29. The maximum Gasteiger partial charge on any atom is 0.0726 e. The van der Waals surface area contributed by atoms with E-state index in [1.807, 2.05) is 18.2 Å². The fourth-order valence-corrected chi connectivity index (χ4v) is 3.49. The molecule has 2 nitrogen and oxygen atoms in total. The van der Waals surface area contributed by atoms with Crippen LogP contribution in [-0.4, -0.2) is 4.98 Å². The Morgan fingerprint density at radius 3 is 2.82 bits per heavy atom. The van der Waals surface area contributed by atoms with E-state index in [1.165, 1.54) is 34.3 Å². The van der Waals surface area contributed by atoms with Crippen LogP contribution >= 0.6 is 11.6 Å². The van der Waals surface area contributed by atoms with E-state index >= 15 is 0 Å². The summed E-state index contributed by atoms with van der Waals surface area (Å²) in [5.74, 6) is 0. The zero-order chi connectivity index (χ0) is 15.1. The van der Waals surface area contributed by atoms with Gasteiger partial charge in [0.2, 0.25) is 0 Å². The Bertz CT molecular complexity index is 871. The van der Waals surface area contributed by atoms with Crippen molar-refractivity contribution in [3.05, 3.63) is 64.3 Å². The number of rotatable bonds is 2. The molecule has 4 rings (SSSR count). The molecule has 2 aromatic carbocycles. The monoisotopic (exact) mass is 308 g/mol. The normalized spacial score (nSPS) is 13.4. The minimum Gasteiger partial charge on any atom is -0.353 e. The van der Waals surface area contributed by atoms with Gasteiger partial charge in [-0.25, -0.2) is 0 Å². The number of aryl methyl sites for hydroxylation is 2. The summed E-state index contributed by atoms with van der Waals surface area (Å²) < 4.78 is 0. The standard InChI is InChI=1S/C19H17ClN2/c1-12-9-10-18(15(20)11-12)22-19-13-5-2-3-7-16(13)21-17-8-4-6-14(17)19/h2-3,5,7,9-11H,4,6,8H2,1H3,(H,21,22). The summed E-state index contributed by atoms with van der Waals surface area (Å²) in [5, 5.41) is 5.49. The van der Waals surface area contributed by atoms with Gasteiger partial charge in [-0.1, -0.05) is 35.9 Å². The lowest BCUT2D eigenvalue weighted by Crippen LogP contribution is -2.00. The fourth-order valence-electron chi connectivity index (χ4n) is 3.21. The van der Waals surface area contributed by atoms with Gasteiger partial charge < -0.3 is 5.32 Å². The summed E-state index contributed by atoms with van der Waals surface area (Å²) >= 11 is 6.40. The molecule has 1 N–H and O–H groups in total. The molecule has 22 heavy (non-hydrogen) atoms. The maximum atomic E-state index is 6.40. The molecular formula is C19H17ClN2. The summed E-state index contributed by atoms with van der Waals surface area (Å²) in [4.78, 5) is 4.82. The summed E-state index contributed by atoms with van der Waals surface area (Å²) in [6.07, 6.45) is 3.32. The molecule has 1 aromatic heterocycles. The fraction of sp³-hybridized carbons (Fsp3) is 0.211. The van der Waals surface area contributed by atoms with Gasteiger partial charge in [0, 0.05) is 11.1 Å². The lowest BCUT2D eigenvalue weighted by atomic mass is 10.1. The third-order valence-corrected chi connectivity index (χ3v) is 4.62. The smallest absolute Gasteiger partial charge is 0.0726 e. The van der Waals surface area contributed by atoms with E-state index in [9.17, 15) is 0 Å². The van der Waals surface area contributed by atoms with Crippen LogP contribution in [0.1, 0.15) is 23.2 Å². The molecule has 0 saturated carbocycles. The summed E-state index contributed by atoms with van der Waals surface area (Å²) in [7, 11) is 0. The third kappa shape index (κ3) is 2.24. The highest BCUT2D eigenvalue weighted by Gasteiger charge is 2.20. The summed E-state index contributed by atoms with van der Waals surface area (Å²) in [6.45, 7) is 2.05. The second-order valence-corrected chi connectivity index (χ2v) is 6.30. The Kier molecular flexibility index (Phi) is 3.27. The summed E-state index contributed by atoms with van der Waals surface area (Å²) in [5.41, 5.74) is 6.91. The SMILES string of the molecule is Cc1ccc(Nc2c3c(nc4ccccc24)CCC3)c(Cl)c1. The van der Waals surface area contributed by atoms with Crippen LogP contribution in [0.5, 0.6) is 0 Å². The van der Waals surface area contributed by atoms with Gasteiger partial charge >= 0.3 is 0 Å². The minimum absolute atomic E-state index is 0.757. The van der Waals surface area contributed by atoms with Crippen molar-refractivity contribution < 1.29 is 0 Å². The molecule has 0 aliphatic heterocycles. The highest BCUT2D eigenvalue weighted by atomic mass is 35.5. The van der Waals surface area contributed by atoms with Gasteiger partial charge in [-0.3, -0.25) is 4.98 Å². The van der Waals surface area contributed by atoms with Crippen LogP contribution in [0.4, 0.5) is 11.4 Å². The molecule has 110 valence electrons. The Balaban J connectivity index is 1.90. The molecule has 0 bridgehead atoms. The zero-order valence-electron chi connectivity index (χ0n) is 12.5. The van der Waals surface area contributed by atoms with Crippen LogP contribution in [0.15, 0.2) is 42.5 Å². The number of nitrogens with one attached hydrogen (secondary N) is 1. The largest absolute Gasteiger partial charge is 0.353 e. The minimum atomic E-state index is 0.757. The topological polar surface area (TPSA) is 24.9 Å². The van der Waals surface area contributed by atoms with Crippen LogP contribution in [-0.2, 0) is 12.8 Å². The molecule has 0 spiro atoms. The molecule has 1 aliphatic carbocycles. The van der Waals surface area contributed by atoms with Gasteiger partial charge in [0.05, 0.1) is 21.9 Å². The number of hydrogen-bond donors (Lipinski definition) is 1. The van der Waals surface area contributed by atoms with Crippen molar-refractivity contribution in [3.8, 4) is 0 Å². The summed E-state index contributed by atoms with van der Waals surface area (Å²) in [6, 6.07) is 14.4. The number of aromatic nitrogens is 1. The van der Waals surface area contributed by atoms with Crippen molar-refractivity contribution in [1.82, 2.24) is 4.98 Å². The van der Waals surface area contributed by atoms with Crippen molar-refractivity contribution in [2.24, 2.45) is 0 Å². The van der Waals surface area contributed by atoms with Gasteiger partial charge in [-0.15, -0.1) is 0 Å². The first kappa shape index (κ1) is 13.6. The average molecular weight is 309 g/mol. The van der Waals surface area contributed by atoms with Crippen LogP contribution < -0.4 is 5.32 Å². The molecule has 3 aromatic rings. The molecule has 3 heteroatoms. The number of anilines is 2. The molecule has 0 unspecified atom stereocenters. The van der Waals surface area contributed by atoms with Crippen molar-refractivity contribution >= 4 is 33.9 Å². The Labute approximate surface area is 135 Å². The first-order chi connectivity index (χ1) is 10.7. The maximum absolute atomic E-state index is 6.40. The van der Waals surface area contributed by atoms with Crippen LogP contribution in [0.25, 0.3) is 10.9 Å². The van der Waals surface area contributed by atoms with E-state index in [2.05, 4.69) is 36.5 Å². The van der Waals surface area contributed by atoms with Crippen molar-refractivity contribution in [2.45, 2.75) is 26.2 Å². The number of benzene rings is 2. The quantitative estimate of drug-likeness (QED) is 0.683. The Morgan fingerprint density at radius 1 is 1.09 bits per heavy atom. The number of para-hydroxylation sites is 1. The first-order valence-electron chi connectivity index (χ1n) is 7.66. The second-order valence-electron chi connectivity index (χ2n) is 5.89. The van der Waals surface area contributed by atoms with Gasteiger partial charge in [-0.2, -0.15) is 0 Å². The first-order valence-corrected chi connectivity index (χ1v) is 8.04. The van der Waals surface area contributed by atoms with Crippen LogP contribution in [0, 0.1) is 6.92 Å². The molecule has 0 radical (unpaired) electrons. The van der Waals surface area contributed by atoms with Gasteiger partial charge in [-0.05, 0) is 55.5 Å². The van der Waals surface area contributed by atoms with Gasteiger partial charge in [0.15, 0.2) is 0 Å². The van der Waals surface area contributed by atoms with Crippen molar-refractivity contribution in [1.29, 1.82) is 0 Å². The number of nitrogens with zero attached hydrogens (tertiary/aromatic N) is 1. The van der Waals surface area contributed by atoms with Gasteiger partial charge in [0.1, 0.15) is 0 Å². The van der Waals surface area contributed by atoms with Crippen molar-refractivity contribution in [3.63, 3.8) is 0 Å². The van der Waals surface area contributed by atoms with E-state index in [4.69, 9.17) is 16.6 Å². The number of fused-ring (bicyclic) bond motifs is 2. The highest BCUT2D eigenvalue weighted by molar-refractivity contribution is 6.33. The van der Waals surface area contributed by atoms with E-state index in [1.54, 1.807) is 0 Å². The van der Waals surface area contributed by atoms with Crippen LogP contribution in [0.2, 0.25) is 5.02 Å². The predicted octanol–water partition coefficient (Wildman–Crippen LogP) is 5.43. The highest BCUT2D eigenvalue weighted by Crippen LogP contribution is 2.37. The molecule has 0 saturated heterocycles. The predicted molar refractivity (Wildman–Crippen MR) is 93.2 cm³/mol. The average Bonchev–Trinajstić information content (AvgIpc) is 2.97. The lowest BCUT2D eigenvalue weighted by Gasteiger charge is -2.16. The van der Waals surface area contributed by atoms with E-state index in [0.29, 0.717) is 0 Å². The lowest BCUT2D eigenvalue weighted by molar-refractivity contribution is 0.901. The number of pyridine rings is 1. The van der Waals surface area contributed by atoms with Crippen molar-refractivity contribution in [2.75, 3.05) is 5.32 Å². The van der Waals surface area contributed by atoms with E-state index in [-0.39, 0.29) is 0 Å². The molecule has 1 aliphatic rings. The Hall–Kier alpha value is -2.06. The van der Waals surface area contributed by atoms with E-state index < -0.39 is 0 Å². The molecule has 0 atom stereocenters. The zero-order valence-corrected chi connectivity index (χ0v) is 13.2. The molecule has 0 fully saturated rings. The number of halogens is 1. The third-order valence-electron chi connectivity index (χ3n) is 4.30. The molecular weight excluding hydrogens is 292 g/mol. The Morgan fingerprint density at radius 2 is 1.95 bits per heavy atom. The van der Waals surface area contributed by atoms with Crippen LogP contribution in [0.3, 0.4) is 0 Å². The van der Waals surface area contributed by atoms with E-state index in [0.717, 1.165) is 29.1 Å².